The van der Waals surface area contributed by atoms with Crippen LogP contribution in [0.15, 0.2) is 60.7 Å². The average molecular weight is 467 g/mol. The van der Waals surface area contributed by atoms with E-state index >= 15 is 0 Å². The molecule has 0 atom stereocenters. The number of hydrogen-bond donors (Lipinski definition) is 1. The second kappa shape index (κ2) is 11.3. The van der Waals surface area contributed by atoms with Crippen LogP contribution in [0.2, 0.25) is 5.02 Å². The molecule has 0 unspecified atom stereocenters. The molecule has 3 aromatic rings. The normalized spacial score (nSPS) is 13.6. The fourth-order valence-corrected chi connectivity index (χ4v) is 4.19. The molecule has 1 N–H and O–H groups in total. The zero-order chi connectivity index (χ0) is 23.0. The lowest BCUT2D eigenvalue weighted by atomic mass is 10.1. The topological polar surface area (TPSA) is 43.0 Å². The number of nitrogens with zero attached hydrogens (tertiary/aromatic N) is 1. The molecule has 0 bridgehead atoms. The van der Waals surface area contributed by atoms with Crippen LogP contribution in [0.3, 0.4) is 0 Å². The maximum absolute atomic E-state index is 6.57. The van der Waals surface area contributed by atoms with Gasteiger partial charge in [0.2, 0.25) is 0 Å². The van der Waals surface area contributed by atoms with Crippen molar-refractivity contribution < 1.29 is 14.2 Å². The molecule has 174 valence electrons. The largest absolute Gasteiger partial charge is 0.490 e. The molecule has 1 aliphatic heterocycles. The fraction of sp³-hybridized carbons (Fsp3) is 0.333. The lowest BCUT2D eigenvalue weighted by molar-refractivity contribution is 0.122. The Labute approximate surface area is 201 Å². The van der Waals surface area contributed by atoms with Crippen LogP contribution in [-0.2, 0) is 17.9 Å². The van der Waals surface area contributed by atoms with Gasteiger partial charge in [-0.3, -0.25) is 0 Å². The van der Waals surface area contributed by atoms with Crippen LogP contribution in [-0.4, -0.2) is 32.9 Å². The molecule has 4 rings (SSSR count). The maximum atomic E-state index is 6.57. The summed E-state index contributed by atoms with van der Waals surface area (Å²) in [6.45, 7) is 9.02. The van der Waals surface area contributed by atoms with Crippen molar-refractivity contribution in [3.63, 3.8) is 0 Å². The molecule has 6 heteroatoms. The Morgan fingerprint density at radius 3 is 2.55 bits per heavy atom. The zero-order valence-corrected chi connectivity index (χ0v) is 20.0. The first-order valence-electron chi connectivity index (χ1n) is 11.4. The molecular weight excluding hydrogens is 436 g/mol. The van der Waals surface area contributed by atoms with E-state index in [0.29, 0.717) is 19.8 Å². The number of hydrogen-bond acceptors (Lipinski definition) is 5. The number of ether oxygens (including phenoxy) is 3. The van der Waals surface area contributed by atoms with Gasteiger partial charge in [0.1, 0.15) is 6.61 Å². The highest BCUT2D eigenvalue weighted by molar-refractivity contribution is 6.33. The van der Waals surface area contributed by atoms with E-state index in [4.69, 9.17) is 25.8 Å². The molecule has 33 heavy (non-hydrogen) atoms. The summed E-state index contributed by atoms with van der Waals surface area (Å²) in [7, 11) is 0. The molecule has 0 aliphatic carbocycles. The van der Waals surface area contributed by atoms with E-state index in [1.807, 2.05) is 31.2 Å². The molecule has 5 nitrogen and oxygen atoms in total. The number of morpholine rings is 1. The average Bonchev–Trinajstić information content (AvgIpc) is 2.83. The minimum atomic E-state index is 0.507. The molecule has 1 aliphatic rings. The zero-order valence-electron chi connectivity index (χ0n) is 19.3. The summed E-state index contributed by atoms with van der Waals surface area (Å²) in [6, 6.07) is 20.5. The van der Waals surface area contributed by atoms with Gasteiger partial charge < -0.3 is 24.4 Å². The second-order valence-corrected chi connectivity index (χ2v) is 8.52. The molecule has 1 fully saturated rings. The summed E-state index contributed by atoms with van der Waals surface area (Å²) >= 11 is 6.57. The van der Waals surface area contributed by atoms with Crippen molar-refractivity contribution in [2.24, 2.45) is 0 Å². The van der Waals surface area contributed by atoms with Gasteiger partial charge in [0.15, 0.2) is 11.5 Å². The van der Waals surface area contributed by atoms with Crippen LogP contribution in [0.25, 0.3) is 0 Å². The predicted molar refractivity (Wildman–Crippen MR) is 135 cm³/mol. The van der Waals surface area contributed by atoms with E-state index in [2.05, 4.69) is 53.5 Å². The van der Waals surface area contributed by atoms with Crippen LogP contribution in [0.1, 0.15) is 23.6 Å². The van der Waals surface area contributed by atoms with Gasteiger partial charge in [-0.2, -0.15) is 0 Å². The van der Waals surface area contributed by atoms with E-state index in [-0.39, 0.29) is 0 Å². The van der Waals surface area contributed by atoms with Gasteiger partial charge in [0.05, 0.1) is 30.5 Å². The van der Waals surface area contributed by atoms with E-state index in [1.54, 1.807) is 0 Å². The second-order valence-electron chi connectivity index (χ2n) is 8.11. The number of nitrogens with one attached hydrogen (secondary N) is 1. The highest BCUT2D eigenvalue weighted by atomic mass is 35.5. The van der Waals surface area contributed by atoms with Crippen molar-refractivity contribution in [3.05, 3.63) is 82.4 Å². The first-order valence-corrected chi connectivity index (χ1v) is 11.8. The van der Waals surface area contributed by atoms with E-state index in [9.17, 15) is 0 Å². The van der Waals surface area contributed by atoms with Crippen LogP contribution in [0.5, 0.6) is 11.5 Å². The molecule has 0 spiro atoms. The lowest BCUT2D eigenvalue weighted by Gasteiger charge is -2.29. The van der Waals surface area contributed by atoms with Gasteiger partial charge in [-0.25, -0.2) is 0 Å². The lowest BCUT2D eigenvalue weighted by Crippen LogP contribution is -2.36. The molecule has 3 aromatic carbocycles. The summed E-state index contributed by atoms with van der Waals surface area (Å²) < 4.78 is 17.3. The summed E-state index contributed by atoms with van der Waals surface area (Å²) in [6.07, 6.45) is 0. The molecule has 0 aromatic heterocycles. The molecule has 1 saturated heterocycles. The third kappa shape index (κ3) is 6.34. The maximum Gasteiger partial charge on any atom is 0.161 e. The molecule has 0 radical (unpaired) electrons. The van der Waals surface area contributed by atoms with Crippen LogP contribution in [0.4, 0.5) is 11.4 Å². The van der Waals surface area contributed by atoms with Crippen molar-refractivity contribution in [1.82, 2.24) is 0 Å². The highest BCUT2D eigenvalue weighted by Crippen LogP contribution is 2.31. The van der Waals surface area contributed by atoms with Crippen molar-refractivity contribution in [3.8, 4) is 11.5 Å². The minimum Gasteiger partial charge on any atom is -0.490 e. The van der Waals surface area contributed by atoms with E-state index in [0.717, 1.165) is 65.3 Å². The Morgan fingerprint density at radius 1 is 0.939 bits per heavy atom. The SMILES string of the molecule is CCOc1cc(CNc2ccc(N3CCOCC3)c(Cl)c2)ccc1OCc1cccc(C)c1. The standard InChI is InChI=1S/C27H31ClN2O3/c1-3-32-27-16-21(7-10-26(27)33-19-22-6-4-5-20(2)15-22)18-29-23-8-9-25(24(28)17-23)30-11-13-31-14-12-30/h4-10,15-17,29H,3,11-14,18-19H2,1-2H3. The first-order chi connectivity index (χ1) is 16.1. The van der Waals surface area contributed by atoms with Gasteiger partial charge in [0, 0.05) is 25.3 Å². The van der Waals surface area contributed by atoms with Gasteiger partial charge in [0.25, 0.3) is 0 Å². The van der Waals surface area contributed by atoms with Gasteiger partial charge in [-0.1, -0.05) is 47.5 Å². The summed E-state index contributed by atoms with van der Waals surface area (Å²) in [5, 5.41) is 4.21. The predicted octanol–water partition coefficient (Wildman–Crippen LogP) is 6.07. The highest BCUT2D eigenvalue weighted by Gasteiger charge is 2.14. The number of halogens is 1. The Bertz CT molecular complexity index is 1070. The Morgan fingerprint density at radius 2 is 1.79 bits per heavy atom. The molecule has 1 heterocycles. The molecular formula is C27H31ClN2O3. The Hall–Kier alpha value is -2.89. The third-order valence-corrected chi connectivity index (χ3v) is 5.88. The van der Waals surface area contributed by atoms with Gasteiger partial charge >= 0.3 is 0 Å². The number of benzene rings is 3. The van der Waals surface area contributed by atoms with Crippen molar-refractivity contribution >= 4 is 23.0 Å². The summed E-state index contributed by atoms with van der Waals surface area (Å²) in [5.41, 5.74) is 5.50. The van der Waals surface area contributed by atoms with E-state index in [1.165, 1.54) is 5.56 Å². The fourth-order valence-electron chi connectivity index (χ4n) is 3.89. The van der Waals surface area contributed by atoms with E-state index < -0.39 is 0 Å². The summed E-state index contributed by atoms with van der Waals surface area (Å²) in [4.78, 5) is 2.26. The van der Waals surface area contributed by atoms with Crippen LogP contribution in [0, 0.1) is 6.92 Å². The molecule has 0 saturated carbocycles. The van der Waals surface area contributed by atoms with Gasteiger partial charge in [-0.05, 0) is 55.3 Å². The van der Waals surface area contributed by atoms with Crippen molar-refractivity contribution in [2.75, 3.05) is 43.1 Å². The quantitative estimate of drug-likeness (QED) is 0.414. The van der Waals surface area contributed by atoms with Crippen molar-refractivity contribution in [2.45, 2.75) is 27.0 Å². The summed E-state index contributed by atoms with van der Waals surface area (Å²) in [5.74, 6) is 1.50. The number of rotatable bonds is 9. The third-order valence-electron chi connectivity index (χ3n) is 5.58. The monoisotopic (exact) mass is 466 g/mol. The van der Waals surface area contributed by atoms with Gasteiger partial charge in [-0.15, -0.1) is 0 Å². The number of aryl methyl sites for hydroxylation is 1. The molecule has 0 amide bonds. The van der Waals surface area contributed by atoms with Crippen molar-refractivity contribution in [1.29, 1.82) is 0 Å². The minimum absolute atomic E-state index is 0.507. The Kier molecular flexibility index (Phi) is 7.97. The Balaban J connectivity index is 1.39. The van der Waals surface area contributed by atoms with Crippen LogP contribution < -0.4 is 19.7 Å². The number of anilines is 2. The van der Waals surface area contributed by atoms with Crippen LogP contribution >= 0.6 is 11.6 Å². The smallest absolute Gasteiger partial charge is 0.161 e. The first kappa shape index (κ1) is 23.3.